The molecule has 34 heavy (non-hydrogen) atoms. The number of hydrogen-bond donors (Lipinski definition) is 1. The largest absolute Gasteiger partial charge is 0.497 e. The minimum Gasteiger partial charge on any atom is -0.497 e. The number of ether oxygens (including phenoxy) is 1. The molecule has 0 unspecified atom stereocenters. The van der Waals surface area contributed by atoms with Crippen LogP contribution < -0.4 is 10.1 Å². The summed E-state index contributed by atoms with van der Waals surface area (Å²) in [5.74, 6) is 0.0736. The second-order valence-corrected chi connectivity index (χ2v) is 10.8. The molecule has 1 heterocycles. The maximum absolute atomic E-state index is 13.4. The average Bonchev–Trinajstić information content (AvgIpc) is 3.08. The van der Waals surface area contributed by atoms with Gasteiger partial charge in [-0.1, -0.05) is 0 Å². The first kappa shape index (κ1) is 26.4. The Kier molecular flexibility index (Phi) is 8.92. The highest BCUT2D eigenvalue weighted by Crippen LogP contribution is 2.46. The van der Waals surface area contributed by atoms with Crippen molar-refractivity contribution in [1.82, 2.24) is 9.88 Å². The molecule has 10 heteroatoms. The van der Waals surface area contributed by atoms with Crippen molar-refractivity contribution in [2.45, 2.75) is 27.2 Å². The highest BCUT2D eigenvalue weighted by atomic mass is 127. The van der Waals surface area contributed by atoms with Crippen molar-refractivity contribution in [3.05, 3.63) is 62.9 Å². The lowest BCUT2D eigenvalue weighted by Gasteiger charge is -2.17. The van der Waals surface area contributed by atoms with E-state index in [1.807, 2.05) is 31.2 Å². The first-order valence-electron chi connectivity index (χ1n) is 10.9. The van der Waals surface area contributed by atoms with Crippen LogP contribution in [-0.2, 0) is 24.8 Å². The zero-order chi connectivity index (χ0) is 24.9. The molecule has 0 aliphatic heterocycles. The molecule has 3 aromatic rings. The summed E-state index contributed by atoms with van der Waals surface area (Å²) in [5, 5.41) is 3.40. The third-order valence-corrected chi connectivity index (χ3v) is 7.86. The van der Waals surface area contributed by atoms with E-state index in [1.165, 1.54) is 0 Å². The number of carbonyl (C=O) groups excluding carboxylic acids is 2. The zero-order valence-electron chi connectivity index (χ0n) is 19.6. The van der Waals surface area contributed by atoms with Crippen LogP contribution in [-0.4, -0.2) is 43.0 Å². The SMILES string of the molecule is CCOP(=O)(CNC(=O)Cc1c(C)n(C(=O)c2ccc(I)cc2)c2ccc(OC)cc12)OCC. The van der Waals surface area contributed by atoms with Crippen LogP contribution in [0.15, 0.2) is 42.5 Å². The summed E-state index contributed by atoms with van der Waals surface area (Å²) < 4.78 is 31.2. The van der Waals surface area contributed by atoms with Crippen molar-refractivity contribution < 1.29 is 27.9 Å². The third-order valence-electron chi connectivity index (χ3n) is 5.29. The van der Waals surface area contributed by atoms with E-state index in [4.69, 9.17) is 13.8 Å². The van der Waals surface area contributed by atoms with Crippen molar-refractivity contribution in [2.24, 2.45) is 0 Å². The zero-order valence-corrected chi connectivity index (χ0v) is 22.6. The number of nitrogens with zero attached hydrogens (tertiary/aromatic N) is 1. The Morgan fingerprint density at radius 1 is 1.06 bits per heavy atom. The van der Waals surface area contributed by atoms with Crippen molar-refractivity contribution >= 4 is 52.9 Å². The average molecular weight is 598 g/mol. The maximum atomic E-state index is 13.4. The summed E-state index contributed by atoms with van der Waals surface area (Å²) in [5.41, 5.74) is 2.56. The normalized spacial score (nSPS) is 11.6. The van der Waals surface area contributed by atoms with E-state index >= 15 is 0 Å². The van der Waals surface area contributed by atoms with Gasteiger partial charge in [0, 0.05) is 20.2 Å². The molecule has 1 N–H and O–H groups in total. The van der Waals surface area contributed by atoms with Crippen LogP contribution in [0.1, 0.15) is 35.5 Å². The standard InChI is InChI=1S/C24H28IN2O6P/c1-5-32-34(30,33-6-2)15-26-23(28)14-20-16(3)27(22-12-11-19(31-4)13-21(20)22)24(29)17-7-9-18(25)10-8-17/h7-13H,5-6,14-15H2,1-4H3,(H,26,28). The molecule has 0 saturated carbocycles. The summed E-state index contributed by atoms with van der Waals surface area (Å²) in [4.78, 5) is 26.2. The van der Waals surface area contributed by atoms with E-state index in [-0.39, 0.29) is 37.7 Å². The van der Waals surface area contributed by atoms with Crippen molar-refractivity contribution in [3.63, 3.8) is 0 Å². The third kappa shape index (κ3) is 5.89. The van der Waals surface area contributed by atoms with E-state index in [1.54, 1.807) is 43.7 Å². The first-order chi connectivity index (χ1) is 16.2. The fraction of sp³-hybridized carbons (Fsp3) is 0.333. The van der Waals surface area contributed by atoms with Crippen LogP contribution in [0.4, 0.5) is 0 Å². The number of amides is 1. The van der Waals surface area contributed by atoms with Gasteiger partial charge in [0.1, 0.15) is 12.0 Å². The number of halogens is 1. The molecule has 8 nitrogen and oxygen atoms in total. The predicted octanol–water partition coefficient (Wildman–Crippen LogP) is 5.13. The topological polar surface area (TPSA) is 95.9 Å². The van der Waals surface area contributed by atoms with E-state index in [0.717, 1.165) is 8.96 Å². The van der Waals surface area contributed by atoms with Gasteiger partial charge in [0.25, 0.3) is 5.91 Å². The second kappa shape index (κ2) is 11.5. The smallest absolute Gasteiger partial charge is 0.349 e. The Morgan fingerprint density at radius 2 is 1.71 bits per heavy atom. The lowest BCUT2D eigenvalue weighted by molar-refractivity contribution is -0.120. The van der Waals surface area contributed by atoms with E-state index in [2.05, 4.69) is 27.9 Å². The van der Waals surface area contributed by atoms with E-state index in [9.17, 15) is 14.2 Å². The lowest BCUT2D eigenvalue weighted by Crippen LogP contribution is -2.27. The van der Waals surface area contributed by atoms with Crippen molar-refractivity contribution in [1.29, 1.82) is 0 Å². The maximum Gasteiger partial charge on any atom is 0.349 e. The van der Waals surface area contributed by atoms with Gasteiger partial charge >= 0.3 is 7.60 Å². The number of nitrogens with one attached hydrogen (secondary N) is 1. The fourth-order valence-corrected chi connectivity index (χ4v) is 5.50. The monoisotopic (exact) mass is 598 g/mol. The Balaban J connectivity index is 1.96. The minimum atomic E-state index is -3.42. The molecule has 0 spiro atoms. The van der Waals surface area contributed by atoms with Gasteiger partial charge in [0.15, 0.2) is 0 Å². The van der Waals surface area contributed by atoms with Crippen LogP contribution >= 0.6 is 30.2 Å². The number of aromatic nitrogens is 1. The Morgan fingerprint density at radius 3 is 2.29 bits per heavy atom. The first-order valence-corrected chi connectivity index (χ1v) is 13.7. The minimum absolute atomic E-state index is 0.0132. The summed E-state index contributed by atoms with van der Waals surface area (Å²) in [6.45, 7) is 5.65. The van der Waals surface area contributed by atoms with E-state index in [0.29, 0.717) is 28.1 Å². The molecule has 0 aliphatic rings. The molecule has 1 aromatic heterocycles. The summed E-state index contributed by atoms with van der Waals surface area (Å²) in [7, 11) is -1.85. The van der Waals surface area contributed by atoms with Gasteiger partial charge < -0.3 is 19.1 Å². The Hall–Kier alpha value is -2.20. The van der Waals surface area contributed by atoms with Crippen LogP contribution in [0.3, 0.4) is 0 Å². The highest BCUT2D eigenvalue weighted by Gasteiger charge is 2.26. The van der Waals surface area contributed by atoms with Crippen LogP contribution in [0, 0.1) is 10.5 Å². The van der Waals surface area contributed by atoms with Crippen molar-refractivity contribution in [3.8, 4) is 5.75 Å². The molecule has 3 rings (SSSR count). The molecule has 0 atom stereocenters. The molecular formula is C24H28IN2O6P. The molecule has 0 bridgehead atoms. The molecule has 0 saturated heterocycles. The number of fused-ring (bicyclic) bond motifs is 1. The van der Waals surface area contributed by atoms with Gasteiger partial charge in [-0.2, -0.15) is 0 Å². The predicted molar refractivity (Wildman–Crippen MR) is 140 cm³/mol. The van der Waals surface area contributed by atoms with Crippen molar-refractivity contribution in [2.75, 3.05) is 26.6 Å². The van der Waals surface area contributed by atoms with Gasteiger partial charge in [-0.15, -0.1) is 0 Å². The summed E-state index contributed by atoms with van der Waals surface area (Å²) in [6, 6.07) is 12.7. The molecule has 0 fully saturated rings. The van der Waals surface area contributed by atoms with Gasteiger partial charge in [-0.3, -0.25) is 18.7 Å². The second-order valence-electron chi connectivity index (χ2n) is 7.48. The summed E-state index contributed by atoms with van der Waals surface area (Å²) in [6.07, 6.45) is -0.239. The Bertz CT molecular complexity index is 1230. The molecule has 0 aliphatic carbocycles. The van der Waals surface area contributed by atoms with Crippen LogP contribution in [0.5, 0.6) is 5.75 Å². The number of methoxy groups -OCH3 is 1. The summed E-state index contributed by atoms with van der Waals surface area (Å²) >= 11 is 2.19. The van der Waals surface area contributed by atoms with Crippen LogP contribution in [0.2, 0.25) is 0 Å². The molecular weight excluding hydrogens is 570 g/mol. The lowest BCUT2D eigenvalue weighted by atomic mass is 10.1. The Labute approximate surface area is 212 Å². The molecule has 2 aromatic carbocycles. The molecule has 182 valence electrons. The van der Waals surface area contributed by atoms with Gasteiger partial charge in [-0.25, -0.2) is 0 Å². The number of benzene rings is 2. The van der Waals surface area contributed by atoms with Gasteiger partial charge in [-0.05, 0) is 91.4 Å². The number of carbonyl (C=O) groups is 2. The fourth-order valence-electron chi connectivity index (χ4n) is 3.73. The molecule has 1 amide bonds. The highest BCUT2D eigenvalue weighted by molar-refractivity contribution is 14.1. The van der Waals surface area contributed by atoms with Crippen LogP contribution in [0.25, 0.3) is 10.9 Å². The van der Waals surface area contributed by atoms with Gasteiger partial charge in [0.05, 0.1) is 32.3 Å². The van der Waals surface area contributed by atoms with E-state index < -0.39 is 7.60 Å². The quantitative estimate of drug-likeness (QED) is 0.257. The number of hydrogen-bond acceptors (Lipinski definition) is 6. The molecule has 0 radical (unpaired) electrons. The number of rotatable bonds is 10. The van der Waals surface area contributed by atoms with Gasteiger partial charge in [0.2, 0.25) is 5.91 Å².